The van der Waals surface area contributed by atoms with Crippen molar-refractivity contribution in [2.24, 2.45) is 5.92 Å². The van der Waals surface area contributed by atoms with Gasteiger partial charge in [-0.1, -0.05) is 12.1 Å². The van der Waals surface area contributed by atoms with Gasteiger partial charge in [-0.25, -0.2) is 0 Å². The molecule has 1 aromatic rings. The minimum atomic E-state index is -4.27. The fourth-order valence-corrected chi connectivity index (χ4v) is 3.19. The molecule has 2 aliphatic heterocycles. The Balaban J connectivity index is 1.83. The zero-order chi connectivity index (χ0) is 16.4. The molecule has 0 saturated carbocycles. The van der Waals surface area contributed by atoms with Gasteiger partial charge in [-0.3, -0.25) is 4.79 Å². The van der Waals surface area contributed by atoms with Crippen LogP contribution in [0.2, 0.25) is 0 Å². The maximum absolute atomic E-state index is 12.7. The van der Waals surface area contributed by atoms with Crippen molar-refractivity contribution in [2.75, 3.05) is 42.6 Å². The highest BCUT2D eigenvalue weighted by molar-refractivity contribution is 5.99. The number of amides is 1. The molecule has 1 amide bonds. The molecule has 4 nitrogen and oxygen atoms in total. The molecule has 126 valence electrons. The van der Waals surface area contributed by atoms with Crippen molar-refractivity contribution in [1.29, 1.82) is 0 Å². The van der Waals surface area contributed by atoms with E-state index < -0.39 is 12.7 Å². The first-order valence-electron chi connectivity index (χ1n) is 7.75. The highest BCUT2D eigenvalue weighted by atomic mass is 19.4. The summed E-state index contributed by atoms with van der Waals surface area (Å²) in [6.07, 6.45) is -2.66. The number of halogens is 3. The van der Waals surface area contributed by atoms with Crippen molar-refractivity contribution in [3.63, 3.8) is 0 Å². The lowest BCUT2D eigenvalue weighted by Crippen LogP contribution is -2.49. The summed E-state index contributed by atoms with van der Waals surface area (Å²) in [4.78, 5) is 15.6. The number of ether oxygens (including phenoxy) is 1. The summed E-state index contributed by atoms with van der Waals surface area (Å²) in [5.74, 6) is -0.255. The quantitative estimate of drug-likeness (QED) is 0.837. The third-order valence-electron chi connectivity index (χ3n) is 4.25. The number of rotatable bonds is 2. The molecule has 1 aromatic carbocycles. The number of para-hydroxylation sites is 2. The number of nitrogens with zero attached hydrogens (tertiary/aromatic N) is 2. The van der Waals surface area contributed by atoms with Gasteiger partial charge in [0, 0.05) is 19.7 Å². The van der Waals surface area contributed by atoms with Gasteiger partial charge in [-0.15, -0.1) is 0 Å². The Morgan fingerprint density at radius 2 is 1.96 bits per heavy atom. The minimum Gasteiger partial charge on any atom is -0.381 e. The number of carbonyl (C=O) groups is 1. The Kier molecular flexibility index (Phi) is 4.48. The van der Waals surface area contributed by atoms with E-state index in [2.05, 4.69) is 0 Å². The fourth-order valence-electron chi connectivity index (χ4n) is 3.19. The number of hydrogen-bond acceptors (Lipinski definition) is 3. The van der Waals surface area contributed by atoms with Crippen LogP contribution < -0.4 is 9.80 Å². The van der Waals surface area contributed by atoms with Crippen molar-refractivity contribution in [1.82, 2.24) is 0 Å². The largest absolute Gasteiger partial charge is 0.405 e. The van der Waals surface area contributed by atoms with Crippen molar-refractivity contribution in [3.05, 3.63) is 24.3 Å². The zero-order valence-electron chi connectivity index (χ0n) is 12.7. The van der Waals surface area contributed by atoms with Crippen LogP contribution in [0, 0.1) is 5.92 Å². The molecule has 0 spiro atoms. The average Bonchev–Trinajstić information content (AvgIpc) is 2.54. The minimum absolute atomic E-state index is 0.0520. The van der Waals surface area contributed by atoms with E-state index in [1.165, 1.54) is 4.90 Å². The lowest BCUT2D eigenvalue weighted by Gasteiger charge is -2.39. The predicted octanol–water partition coefficient (Wildman–Crippen LogP) is 2.83. The first-order valence-corrected chi connectivity index (χ1v) is 7.75. The molecule has 2 heterocycles. The summed E-state index contributed by atoms with van der Waals surface area (Å²) in [5, 5.41) is 0. The second kappa shape index (κ2) is 6.39. The van der Waals surface area contributed by atoms with Crippen molar-refractivity contribution in [2.45, 2.75) is 19.0 Å². The molecule has 1 atom stereocenters. The zero-order valence-corrected chi connectivity index (χ0v) is 12.7. The van der Waals surface area contributed by atoms with E-state index in [1.807, 2.05) is 0 Å². The average molecular weight is 328 g/mol. The third-order valence-corrected chi connectivity index (χ3v) is 4.25. The van der Waals surface area contributed by atoms with E-state index in [9.17, 15) is 18.0 Å². The van der Waals surface area contributed by atoms with Crippen LogP contribution in [-0.2, 0) is 9.53 Å². The van der Waals surface area contributed by atoms with Crippen LogP contribution in [0.4, 0.5) is 24.5 Å². The van der Waals surface area contributed by atoms with Gasteiger partial charge < -0.3 is 14.5 Å². The van der Waals surface area contributed by atoms with Gasteiger partial charge in [0.25, 0.3) is 0 Å². The van der Waals surface area contributed by atoms with Crippen LogP contribution in [0.25, 0.3) is 0 Å². The summed E-state index contributed by atoms with van der Waals surface area (Å²) >= 11 is 0. The van der Waals surface area contributed by atoms with E-state index in [0.29, 0.717) is 24.6 Å². The summed E-state index contributed by atoms with van der Waals surface area (Å²) in [6, 6.07) is 6.78. The van der Waals surface area contributed by atoms with E-state index in [4.69, 9.17) is 4.74 Å². The molecule has 0 aliphatic carbocycles. The number of carbonyl (C=O) groups excluding carboxylic acids is 1. The Bertz CT molecular complexity index is 571. The summed E-state index contributed by atoms with van der Waals surface area (Å²) in [5.41, 5.74) is 1.01. The molecule has 23 heavy (non-hydrogen) atoms. The van der Waals surface area contributed by atoms with Crippen molar-refractivity contribution >= 4 is 17.3 Å². The van der Waals surface area contributed by atoms with Gasteiger partial charge in [0.05, 0.1) is 23.9 Å². The maximum atomic E-state index is 12.7. The second-order valence-electron chi connectivity index (χ2n) is 5.93. The number of anilines is 2. The van der Waals surface area contributed by atoms with Crippen LogP contribution in [0.15, 0.2) is 24.3 Å². The second-order valence-corrected chi connectivity index (χ2v) is 5.93. The molecule has 1 fully saturated rings. The monoisotopic (exact) mass is 328 g/mol. The molecule has 1 unspecified atom stereocenters. The highest BCUT2D eigenvalue weighted by Gasteiger charge is 2.36. The third kappa shape index (κ3) is 3.60. The molecule has 0 N–H and O–H groups in total. The van der Waals surface area contributed by atoms with Gasteiger partial charge in [0.15, 0.2) is 0 Å². The Labute approximate surface area is 132 Å². The molecule has 0 bridgehead atoms. The Hall–Kier alpha value is -1.76. The topological polar surface area (TPSA) is 32.8 Å². The lowest BCUT2D eigenvalue weighted by atomic mass is 9.99. The van der Waals surface area contributed by atoms with Crippen molar-refractivity contribution < 1.29 is 22.7 Å². The van der Waals surface area contributed by atoms with E-state index >= 15 is 0 Å². The van der Waals surface area contributed by atoms with Gasteiger partial charge in [-0.05, 0) is 25.0 Å². The summed E-state index contributed by atoms with van der Waals surface area (Å²) < 4.78 is 43.6. The molecule has 0 radical (unpaired) electrons. The van der Waals surface area contributed by atoms with E-state index in [0.717, 1.165) is 12.8 Å². The van der Waals surface area contributed by atoms with E-state index in [1.54, 1.807) is 29.2 Å². The SMILES string of the molecule is O=C(C1CCCOC1)N1CCN(CC(F)(F)F)c2ccccc21. The van der Waals surface area contributed by atoms with Crippen LogP contribution in [-0.4, -0.2) is 44.9 Å². The molecule has 7 heteroatoms. The normalized spacial score (nSPS) is 22.0. The van der Waals surface area contributed by atoms with Gasteiger partial charge in [-0.2, -0.15) is 13.2 Å². The van der Waals surface area contributed by atoms with Gasteiger partial charge >= 0.3 is 6.18 Å². The molecule has 1 saturated heterocycles. The molecular weight excluding hydrogens is 309 g/mol. The van der Waals surface area contributed by atoms with Gasteiger partial charge in [0.2, 0.25) is 5.91 Å². The fraction of sp³-hybridized carbons (Fsp3) is 0.562. The van der Waals surface area contributed by atoms with Crippen LogP contribution >= 0.6 is 0 Å². The Morgan fingerprint density at radius 3 is 2.61 bits per heavy atom. The van der Waals surface area contributed by atoms with Crippen molar-refractivity contribution in [3.8, 4) is 0 Å². The Morgan fingerprint density at radius 1 is 1.22 bits per heavy atom. The highest BCUT2D eigenvalue weighted by Crippen LogP contribution is 2.36. The predicted molar refractivity (Wildman–Crippen MR) is 80.6 cm³/mol. The standard InChI is InChI=1S/C16H19F3N2O2/c17-16(18,19)11-20-7-8-21(14-6-2-1-5-13(14)20)15(22)12-4-3-9-23-10-12/h1-2,5-6,12H,3-4,7-11H2. The van der Waals surface area contributed by atoms with Crippen LogP contribution in [0.1, 0.15) is 12.8 Å². The lowest BCUT2D eigenvalue weighted by molar-refractivity contribution is -0.126. The number of fused-ring (bicyclic) bond motifs is 1. The number of alkyl halides is 3. The molecule has 0 aromatic heterocycles. The first-order chi connectivity index (χ1) is 11.0. The molecule has 2 aliphatic rings. The summed E-state index contributed by atoms with van der Waals surface area (Å²) in [6.45, 7) is 0.500. The number of benzene rings is 1. The number of hydrogen-bond donors (Lipinski definition) is 0. The van der Waals surface area contributed by atoms with Crippen LogP contribution in [0.5, 0.6) is 0 Å². The van der Waals surface area contributed by atoms with E-state index in [-0.39, 0.29) is 24.9 Å². The first kappa shape index (κ1) is 16.1. The molecular formula is C16H19F3N2O2. The summed E-state index contributed by atoms with van der Waals surface area (Å²) in [7, 11) is 0. The van der Waals surface area contributed by atoms with Gasteiger partial charge in [0.1, 0.15) is 6.54 Å². The van der Waals surface area contributed by atoms with Crippen LogP contribution in [0.3, 0.4) is 0 Å². The smallest absolute Gasteiger partial charge is 0.381 e. The maximum Gasteiger partial charge on any atom is 0.405 e. The molecule has 3 rings (SSSR count).